The van der Waals surface area contributed by atoms with Crippen molar-refractivity contribution in [3.63, 3.8) is 0 Å². The van der Waals surface area contributed by atoms with Gasteiger partial charge in [0, 0.05) is 16.5 Å². The number of hydrogen-bond donors (Lipinski definition) is 2. The Hall–Kier alpha value is -3.00. The second-order valence-electron chi connectivity index (χ2n) is 6.01. The molecular formula is C20H16BrFN2O4. The molecule has 0 atom stereocenters. The van der Waals surface area contributed by atoms with Crippen molar-refractivity contribution < 1.29 is 23.5 Å². The number of barbiturate groups is 1. The van der Waals surface area contributed by atoms with Gasteiger partial charge in [-0.15, -0.1) is 0 Å². The highest BCUT2D eigenvalue weighted by atomic mass is 79.9. The van der Waals surface area contributed by atoms with E-state index < -0.39 is 17.8 Å². The standard InChI is InChI=1S/C20H16BrFN2O4/c1-2-28-17-10-12(8-15-18(25)23-20(27)24-19(15)26)9-16(21)14(17)7-11-4-3-5-13(22)6-11/h3-6,8-10H,2,7H2,1H3,(H2,23,24,25,26,27). The van der Waals surface area contributed by atoms with E-state index in [9.17, 15) is 18.8 Å². The van der Waals surface area contributed by atoms with Gasteiger partial charge in [0.2, 0.25) is 0 Å². The lowest BCUT2D eigenvalue weighted by Crippen LogP contribution is -2.51. The number of hydrogen-bond acceptors (Lipinski definition) is 4. The van der Waals surface area contributed by atoms with Crippen molar-refractivity contribution in [3.8, 4) is 5.75 Å². The van der Waals surface area contributed by atoms with Crippen molar-refractivity contribution in [2.45, 2.75) is 13.3 Å². The lowest BCUT2D eigenvalue weighted by Gasteiger charge is -2.16. The number of nitrogens with one attached hydrogen (secondary N) is 2. The van der Waals surface area contributed by atoms with Crippen molar-refractivity contribution >= 4 is 39.9 Å². The van der Waals surface area contributed by atoms with Crippen LogP contribution in [0.25, 0.3) is 6.08 Å². The second-order valence-corrected chi connectivity index (χ2v) is 6.87. The summed E-state index contributed by atoms with van der Waals surface area (Å²) < 4.78 is 19.9. The first-order valence-corrected chi connectivity index (χ1v) is 9.24. The van der Waals surface area contributed by atoms with Crippen LogP contribution in [0.3, 0.4) is 0 Å². The van der Waals surface area contributed by atoms with Crippen molar-refractivity contribution in [3.05, 3.63) is 69.0 Å². The van der Waals surface area contributed by atoms with Gasteiger partial charge in [0.25, 0.3) is 11.8 Å². The molecule has 0 saturated carbocycles. The molecule has 2 aromatic rings. The minimum atomic E-state index is -0.853. The third-order valence-electron chi connectivity index (χ3n) is 4.00. The van der Waals surface area contributed by atoms with Gasteiger partial charge in [-0.05, 0) is 48.4 Å². The van der Waals surface area contributed by atoms with Crippen molar-refractivity contribution in [1.29, 1.82) is 0 Å². The predicted molar refractivity (Wildman–Crippen MR) is 104 cm³/mol. The van der Waals surface area contributed by atoms with Crippen LogP contribution in [-0.4, -0.2) is 24.5 Å². The van der Waals surface area contributed by atoms with Crippen molar-refractivity contribution in [2.75, 3.05) is 6.61 Å². The van der Waals surface area contributed by atoms with Crippen LogP contribution in [-0.2, 0) is 16.0 Å². The molecule has 1 heterocycles. The summed E-state index contributed by atoms with van der Waals surface area (Å²) >= 11 is 3.49. The average Bonchev–Trinajstić information content (AvgIpc) is 2.61. The average molecular weight is 447 g/mol. The van der Waals surface area contributed by atoms with Gasteiger partial charge < -0.3 is 4.74 Å². The van der Waals surface area contributed by atoms with Gasteiger partial charge in [-0.2, -0.15) is 0 Å². The fourth-order valence-corrected chi connectivity index (χ4v) is 3.39. The van der Waals surface area contributed by atoms with Crippen LogP contribution in [0.5, 0.6) is 5.75 Å². The Morgan fingerprint density at radius 1 is 1.11 bits per heavy atom. The highest BCUT2D eigenvalue weighted by Crippen LogP contribution is 2.32. The Balaban J connectivity index is 1.99. The zero-order chi connectivity index (χ0) is 20.3. The van der Waals surface area contributed by atoms with Gasteiger partial charge in [0.1, 0.15) is 17.1 Å². The van der Waals surface area contributed by atoms with Crippen LogP contribution in [0.1, 0.15) is 23.6 Å². The number of carbonyl (C=O) groups is 3. The first-order chi connectivity index (χ1) is 13.4. The summed E-state index contributed by atoms with van der Waals surface area (Å²) in [5, 5.41) is 4.05. The summed E-state index contributed by atoms with van der Waals surface area (Å²) in [4.78, 5) is 35.0. The first kappa shape index (κ1) is 19.8. The summed E-state index contributed by atoms with van der Waals surface area (Å²) in [7, 11) is 0. The minimum Gasteiger partial charge on any atom is -0.494 e. The van der Waals surface area contributed by atoms with Gasteiger partial charge in [-0.25, -0.2) is 9.18 Å². The molecule has 1 saturated heterocycles. The molecule has 0 radical (unpaired) electrons. The lowest BCUT2D eigenvalue weighted by molar-refractivity contribution is -0.123. The SMILES string of the molecule is CCOc1cc(C=C2C(=O)NC(=O)NC2=O)cc(Br)c1Cc1cccc(F)c1. The highest BCUT2D eigenvalue weighted by Gasteiger charge is 2.27. The third kappa shape index (κ3) is 4.45. The van der Waals surface area contributed by atoms with Gasteiger partial charge in [-0.3, -0.25) is 20.2 Å². The number of imide groups is 2. The molecule has 28 heavy (non-hydrogen) atoms. The Kier molecular flexibility index (Phi) is 5.89. The molecule has 0 aliphatic carbocycles. The zero-order valence-corrected chi connectivity index (χ0v) is 16.4. The number of carbonyl (C=O) groups excluding carboxylic acids is 3. The Labute approximate surface area is 168 Å². The molecule has 0 spiro atoms. The van der Waals surface area contributed by atoms with Gasteiger partial charge in [0.05, 0.1) is 6.61 Å². The molecular weight excluding hydrogens is 431 g/mol. The van der Waals surface area contributed by atoms with E-state index in [-0.39, 0.29) is 11.4 Å². The molecule has 4 amide bonds. The quantitative estimate of drug-likeness (QED) is 0.544. The van der Waals surface area contributed by atoms with Gasteiger partial charge >= 0.3 is 6.03 Å². The molecule has 1 aliphatic heterocycles. The van der Waals surface area contributed by atoms with E-state index in [2.05, 4.69) is 15.9 Å². The lowest BCUT2D eigenvalue weighted by atomic mass is 10.0. The van der Waals surface area contributed by atoms with Gasteiger partial charge in [-0.1, -0.05) is 28.1 Å². The first-order valence-electron chi connectivity index (χ1n) is 8.45. The van der Waals surface area contributed by atoms with Crippen LogP contribution in [0, 0.1) is 5.82 Å². The molecule has 2 aromatic carbocycles. The minimum absolute atomic E-state index is 0.188. The van der Waals surface area contributed by atoms with Crippen molar-refractivity contribution in [2.24, 2.45) is 0 Å². The van der Waals surface area contributed by atoms with E-state index in [4.69, 9.17) is 4.74 Å². The summed E-state index contributed by atoms with van der Waals surface area (Å²) in [6.45, 7) is 2.23. The van der Waals surface area contributed by atoms with Crippen LogP contribution >= 0.6 is 15.9 Å². The third-order valence-corrected chi connectivity index (χ3v) is 4.71. The molecule has 0 bridgehead atoms. The number of urea groups is 1. The fourth-order valence-electron chi connectivity index (χ4n) is 2.79. The van der Waals surface area contributed by atoms with E-state index in [0.717, 1.165) is 11.1 Å². The smallest absolute Gasteiger partial charge is 0.328 e. The van der Waals surface area contributed by atoms with Crippen LogP contribution in [0.2, 0.25) is 0 Å². The Morgan fingerprint density at radius 2 is 1.82 bits per heavy atom. The summed E-state index contributed by atoms with van der Waals surface area (Å²) in [6.07, 6.45) is 1.80. The van der Waals surface area contributed by atoms with E-state index in [1.54, 1.807) is 18.2 Å². The monoisotopic (exact) mass is 446 g/mol. The number of amides is 4. The maximum absolute atomic E-state index is 13.5. The molecule has 1 aliphatic rings. The molecule has 144 valence electrons. The number of benzene rings is 2. The molecule has 3 rings (SSSR count). The van der Waals surface area contributed by atoms with Crippen LogP contribution in [0.15, 0.2) is 46.4 Å². The topological polar surface area (TPSA) is 84.5 Å². The maximum Gasteiger partial charge on any atom is 0.328 e. The van der Waals surface area contributed by atoms with Crippen LogP contribution < -0.4 is 15.4 Å². The number of rotatable bonds is 5. The molecule has 0 aromatic heterocycles. The van der Waals surface area contributed by atoms with E-state index in [0.29, 0.717) is 28.8 Å². The van der Waals surface area contributed by atoms with E-state index >= 15 is 0 Å². The molecule has 0 unspecified atom stereocenters. The maximum atomic E-state index is 13.5. The predicted octanol–water partition coefficient (Wildman–Crippen LogP) is 3.33. The van der Waals surface area contributed by atoms with E-state index in [1.807, 2.05) is 23.6 Å². The van der Waals surface area contributed by atoms with Crippen LogP contribution in [0.4, 0.5) is 9.18 Å². The fraction of sp³-hybridized carbons (Fsp3) is 0.150. The van der Waals surface area contributed by atoms with Gasteiger partial charge in [0.15, 0.2) is 0 Å². The molecule has 1 fully saturated rings. The highest BCUT2D eigenvalue weighted by molar-refractivity contribution is 9.10. The largest absolute Gasteiger partial charge is 0.494 e. The normalized spacial score (nSPS) is 13.8. The summed E-state index contributed by atoms with van der Waals surface area (Å²) in [5.41, 5.74) is 1.93. The van der Waals surface area contributed by atoms with E-state index in [1.165, 1.54) is 18.2 Å². The Bertz CT molecular complexity index is 982. The van der Waals surface area contributed by atoms with Crippen molar-refractivity contribution in [1.82, 2.24) is 10.6 Å². The summed E-state index contributed by atoms with van der Waals surface area (Å²) in [6, 6.07) is 8.84. The zero-order valence-electron chi connectivity index (χ0n) is 14.8. The second kappa shape index (κ2) is 8.35. The number of halogens is 2. The Morgan fingerprint density at radius 3 is 2.46 bits per heavy atom. The molecule has 6 nitrogen and oxygen atoms in total. The number of ether oxygens (including phenoxy) is 1. The molecule has 8 heteroatoms. The summed E-state index contributed by atoms with van der Waals surface area (Å²) in [5.74, 6) is -1.32. The molecule has 2 N–H and O–H groups in total.